The van der Waals surface area contributed by atoms with Crippen LogP contribution in [0.2, 0.25) is 0 Å². The highest BCUT2D eigenvalue weighted by Crippen LogP contribution is 2.24. The van der Waals surface area contributed by atoms with Crippen LogP contribution in [0.15, 0.2) is 12.1 Å². The number of hydrogen-bond acceptors (Lipinski definition) is 3. The topological polar surface area (TPSA) is 54.5 Å². The van der Waals surface area contributed by atoms with Gasteiger partial charge in [0.15, 0.2) is 0 Å². The summed E-state index contributed by atoms with van der Waals surface area (Å²) in [5.41, 5.74) is 4.70. The Morgan fingerprint density at radius 1 is 1.07 bits per heavy atom. The molecule has 0 aliphatic heterocycles. The first kappa shape index (κ1) is 8.87. The van der Waals surface area contributed by atoms with Gasteiger partial charge in [0.25, 0.3) is 0 Å². The third-order valence-corrected chi connectivity index (χ3v) is 2.25. The van der Waals surface area contributed by atoms with Gasteiger partial charge in [-0.3, -0.25) is 0 Å². The van der Waals surface area contributed by atoms with Gasteiger partial charge in [-0.1, -0.05) is 17.7 Å². The Hall–Kier alpha value is -1.71. The molecule has 0 aliphatic carbocycles. The summed E-state index contributed by atoms with van der Waals surface area (Å²) in [7, 11) is 0. The smallest absolute Gasteiger partial charge is 0.177 e. The minimum Gasteiger partial charge on any atom is -0.177 e. The van der Waals surface area contributed by atoms with Crippen LogP contribution in [0.5, 0.6) is 0 Å². The first-order valence-electron chi connectivity index (χ1n) is 4.50. The minimum atomic E-state index is 0.667. The van der Waals surface area contributed by atoms with Crippen LogP contribution in [0.3, 0.4) is 0 Å². The van der Waals surface area contributed by atoms with Gasteiger partial charge in [-0.05, 0) is 37.1 Å². The van der Waals surface area contributed by atoms with Crippen molar-refractivity contribution < 1.29 is 0 Å². The van der Waals surface area contributed by atoms with E-state index >= 15 is 0 Å². The van der Waals surface area contributed by atoms with Crippen LogP contribution in [-0.4, -0.2) is 20.6 Å². The van der Waals surface area contributed by atoms with Crippen LogP contribution in [0.4, 0.5) is 0 Å². The molecule has 0 bridgehead atoms. The minimum absolute atomic E-state index is 0.667. The van der Waals surface area contributed by atoms with Crippen LogP contribution in [0.25, 0.3) is 11.4 Å². The summed E-state index contributed by atoms with van der Waals surface area (Å²) >= 11 is 0. The van der Waals surface area contributed by atoms with Gasteiger partial charge in [0.1, 0.15) is 0 Å². The van der Waals surface area contributed by atoms with Crippen molar-refractivity contribution in [2.75, 3.05) is 0 Å². The van der Waals surface area contributed by atoms with Crippen LogP contribution >= 0.6 is 0 Å². The van der Waals surface area contributed by atoms with Crippen molar-refractivity contribution in [3.05, 3.63) is 28.8 Å². The highest BCUT2D eigenvalue weighted by Gasteiger charge is 2.09. The van der Waals surface area contributed by atoms with E-state index in [1.807, 2.05) is 0 Å². The lowest BCUT2D eigenvalue weighted by Gasteiger charge is -2.06. The Balaban J connectivity index is 2.64. The third kappa shape index (κ3) is 1.39. The van der Waals surface area contributed by atoms with Gasteiger partial charge in [0.2, 0.25) is 5.82 Å². The SMILES string of the molecule is Cc1cc(C)c(-c2nn[nH]n2)c(C)c1. The second-order valence-electron chi connectivity index (χ2n) is 3.51. The van der Waals surface area contributed by atoms with Crippen LogP contribution in [0, 0.1) is 20.8 Å². The molecule has 1 aromatic carbocycles. The van der Waals surface area contributed by atoms with Crippen molar-refractivity contribution in [1.82, 2.24) is 20.6 Å². The average Bonchev–Trinajstić information content (AvgIpc) is 2.54. The molecule has 0 amide bonds. The summed E-state index contributed by atoms with van der Waals surface area (Å²) in [6.07, 6.45) is 0. The van der Waals surface area contributed by atoms with E-state index in [1.165, 1.54) is 16.7 Å². The molecule has 1 N–H and O–H groups in total. The molecular formula is C10H12N4. The molecule has 14 heavy (non-hydrogen) atoms. The number of rotatable bonds is 1. The number of tetrazole rings is 1. The van der Waals surface area contributed by atoms with Crippen LogP contribution < -0.4 is 0 Å². The number of nitrogens with zero attached hydrogens (tertiary/aromatic N) is 3. The van der Waals surface area contributed by atoms with Crippen molar-refractivity contribution in [3.8, 4) is 11.4 Å². The molecule has 1 aromatic heterocycles. The lowest BCUT2D eigenvalue weighted by atomic mass is 9.99. The van der Waals surface area contributed by atoms with Crippen molar-refractivity contribution >= 4 is 0 Å². The van der Waals surface area contributed by atoms with Gasteiger partial charge in [0, 0.05) is 5.56 Å². The van der Waals surface area contributed by atoms with E-state index in [1.54, 1.807) is 0 Å². The first-order valence-corrected chi connectivity index (χ1v) is 4.50. The van der Waals surface area contributed by atoms with E-state index in [9.17, 15) is 0 Å². The molecule has 1 heterocycles. The molecule has 0 aliphatic rings. The van der Waals surface area contributed by atoms with E-state index in [0.29, 0.717) is 5.82 Å². The lowest BCUT2D eigenvalue weighted by molar-refractivity contribution is 0.881. The number of nitrogens with one attached hydrogen (secondary N) is 1. The Labute approximate surface area is 82.4 Å². The molecule has 4 heteroatoms. The summed E-state index contributed by atoms with van der Waals surface area (Å²) < 4.78 is 0. The summed E-state index contributed by atoms with van der Waals surface area (Å²) in [6, 6.07) is 4.25. The number of aromatic amines is 1. The van der Waals surface area contributed by atoms with Crippen LogP contribution in [0.1, 0.15) is 16.7 Å². The highest BCUT2D eigenvalue weighted by molar-refractivity contribution is 5.64. The molecule has 0 radical (unpaired) electrons. The Kier molecular flexibility index (Phi) is 2.04. The molecule has 4 nitrogen and oxygen atoms in total. The molecule has 0 fully saturated rings. The molecule has 0 saturated heterocycles. The molecule has 2 rings (SSSR count). The van der Waals surface area contributed by atoms with Gasteiger partial charge < -0.3 is 0 Å². The molecule has 72 valence electrons. The normalized spacial score (nSPS) is 10.5. The summed E-state index contributed by atoms with van der Waals surface area (Å²) in [5, 5.41) is 14.0. The molecule has 0 unspecified atom stereocenters. The average molecular weight is 188 g/mol. The largest absolute Gasteiger partial charge is 0.205 e. The predicted octanol–water partition coefficient (Wildman–Crippen LogP) is 1.79. The summed E-state index contributed by atoms with van der Waals surface area (Å²) in [6.45, 7) is 6.21. The number of benzene rings is 1. The second-order valence-corrected chi connectivity index (χ2v) is 3.51. The Bertz CT molecular complexity index is 422. The monoisotopic (exact) mass is 188 g/mol. The highest BCUT2D eigenvalue weighted by atomic mass is 15.5. The zero-order valence-electron chi connectivity index (χ0n) is 8.50. The van der Waals surface area contributed by atoms with E-state index in [4.69, 9.17) is 0 Å². The fourth-order valence-corrected chi connectivity index (χ4v) is 1.80. The summed E-state index contributed by atoms with van der Waals surface area (Å²) in [4.78, 5) is 0. The zero-order valence-corrected chi connectivity index (χ0v) is 8.50. The van der Waals surface area contributed by atoms with Crippen LogP contribution in [-0.2, 0) is 0 Å². The van der Waals surface area contributed by atoms with Gasteiger partial charge >= 0.3 is 0 Å². The molecular weight excluding hydrogens is 176 g/mol. The summed E-state index contributed by atoms with van der Waals surface area (Å²) in [5.74, 6) is 0.667. The maximum atomic E-state index is 3.99. The Morgan fingerprint density at radius 3 is 2.21 bits per heavy atom. The number of H-pyrrole nitrogens is 1. The number of hydrogen-bond donors (Lipinski definition) is 1. The van der Waals surface area contributed by atoms with Gasteiger partial charge in [0.05, 0.1) is 0 Å². The van der Waals surface area contributed by atoms with E-state index in [0.717, 1.165) is 5.56 Å². The zero-order chi connectivity index (χ0) is 10.1. The van der Waals surface area contributed by atoms with Gasteiger partial charge in [-0.15, -0.1) is 10.2 Å². The van der Waals surface area contributed by atoms with Gasteiger partial charge in [-0.25, -0.2) is 0 Å². The van der Waals surface area contributed by atoms with Crippen molar-refractivity contribution in [2.24, 2.45) is 0 Å². The van der Waals surface area contributed by atoms with Crippen molar-refractivity contribution in [2.45, 2.75) is 20.8 Å². The van der Waals surface area contributed by atoms with E-state index < -0.39 is 0 Å². The standard InChI is InChI=1S/C10H12N4/c1-6-4-7(2)9(8(3)5-6)10-11-13-14-12-10/h4-5H,1-3H3,(H,11,12,13,14). The fourth-order valence-electron chi connectivity index (χ4n) is 1.80. The quantitative estimate of drug-likeness (QED) is 0.742. The molecule has 0 spiro atoms. The fraction of sp³-hybridized carbons (Fsp3) is 0.300. The molecule has 0 saturated carbocycles. The van der Waals surface area contributed by atoms with E-state index in [2.05, 4.69) is 53.5 Å². The molecule has 2 aromatic rings. The van der Waals surface area contributed by atoms with Crippen molar-refractivity contribution in [1.29, 1.82) is 0 Å². The third-order valence-electron chi connectivity index (χ3n) is 2.25. The Morgan fingerprint density at radius 2 is 1.71 bits per heavy atom. The lowest BCUT2D eigenvalue weighted by Crippen LogP contribution is -1.91. The predicted molar refractivity (Wildman–Crippen MR) is 53.8 cm³/mol. The maximum absolute atomic E-state index is 3.99. The number of aryl methyl sites for hydroxylation is 3. The van der Waals surface area contributed by atoms with E-state index in [-0.39, 0.29) is 0 Å². The molecule has 0 atom stereocenters. The first-order chi connectivity index (χ1) is 6.68. The maximum Gasteiger partial charge on any atom is 0.205 e. The number of aromatic nitrogens is 4. The second kappa shape index (κ2) is 3.21. The van der Waals surface area contributed by atoms with Crippen molar-refractivity contribution in [3.63, 3.8) is 0 Å². The van der Waals surface area contributed by atoms with Gasteiger partial charge in [-0.2, -0.15) is 5.21 Å².